The lowest BCUT2D eigenvalue weighted by Crippen LogP contribution is -1.98. The summed E-state index contributed by atoms with van der Waals surface area (Å²) in [6.45, 7) is 1.52. The van der Waals surface area contributed by atoms with Crippen molar-refractivity contribution >= 4 is 33.3 Å². The Bertz CT molecular complexity index is 294. The lowest BCUT2D eigenvalue weighted by molar-refractivity contribution is -0.116. The first-order valence-electron chi connectivity index (χ1n) is 3.39. The van der Waals surface area contributed by atoms with Gasteiger partial charge in [0, 0.05) is 10.9 Å². The summed E-state index contributed by atoms with van der Waals surface area (Å²) >= 11 is 8.95. The standard InChI is InChI=1S/C8H7BrClNO/c1-5(12)2-7-3-6(9)4-8(10)11-7/h3-4H,2H2,1H3. The van der Waals surface area contributed by atoms with E-state index in [1.807, 2.05) is 0 Å². The third-order valence-corrected chi connectivity index (χ3v) is 1.89. The Kier molecular flexibility index (Phi) is 3.23. The maximum atomic E-state index is 10.7. The van der Waals surface area contributed by atoms with Gasteiger partial charge < -0.3 is 0 Å². The number of hydrogen-bond acceptors (Lipinski definition) is 2. The molecular formula is C8H7BrClNO. The molecule has 0 radical (unpaired) electrons. The van der Waals surface area contributed by atoms with Crippen molar-refractivity contribution in [2.45, 2.75) is 13.3 Å². The number of hydrogen-bond donors (Lipinski definition) is 0. The molecule has 64 valence electrons. The van der Waals surface area contributed by atoms with Crippen LogP contribution in [0.4, 0.5) is 0 Å². The molecule has 0 atom stereocenters. The Morgan fingerprint density at radius 3 is 2.83 bits per heavy atom. The minimum absolute atomic E-state index is 0.0802. The van der Waals surface area contributed by atoms with Gasteiger partial charge in [0.25, 0.3) is 0 Å². The van der Waals surface area contributed by atoms with Crippen LogP contribution < -0.4 is 0 Å². The summed E-state index contributed by atoms with van der Waals surface area (Å²) in [6.07, 6.45) is 0.332. The van der Waals surface area contributed by atoms with E-state index in [2.05, 4.69) is 20.9 Å². The van der Waals surface area contributed by atoms with Crippen molar-refractivity contribution in [3.63, 3.8) is 0 Å². The molecule has 1 heterocycles. The highest BCUT2D eigenvalue weighted by molar-refractivity contribution is 9.10. The molecular weight excluding hydrogens is 241 g/mol. The molecule has 2 nitrogen and oxygen atoms in total. The number of halogens is 2. The van der Waals surface area contributed by atoms with E-state index in [1.165, 1.54) is 6.92 Å². The highest BCUT2D eigenvalue weighted by Crippen LogP contribution is 2.16. The molecule has 0 aliphatic rings. The molecule has 0 unspecified atom stereocenters. The van der Waals surface area contributed by atoms with Crippen LogP contribution in [0.3, 0.4) is 0 Å². The molecule has 0 bridgehead atoms. The smallest absolute Gasteiger partial charge is 0.135 e. The monoisotopic (exact) mass is 247 g/mol. The van der Waals surface area contributed by atoms with Gasteiger partial charge in [-0.15, -0.1) is 0 Å². The van der Waals surface area contributed by atoms with Gasteiger partial charge >= 0.3 is 0 Å². The van der Waals surface area contributed by atoms with Gasteiger partial charge in [-0.3, -0.25) is 4.79 Å². The summed E-state index contributed by atoms with van der Waals surface area (Å²) in [5.74, 6) is 0.0802. The van der Waals surface area contributed by atoms with E-state index in [0.29, 0.717) is 17.3 Å². The topological polar surface area (TPSA) is 30.0 Å². The average Bonchev–Trinajstić information content (AvgIpc) is 1.81. The zero-order valence-corrected chi connectivity index (χ0v) is 8.82. The highest BCUT2D eigenvalue weighted by Gasteiger charge is 2.01. The molecule has 0 saturated heterocycles. The van der Waals surface area contributed by atoms with Crippen molar-refractivity contribution in [2.75, 3.05) is 0 Å². The van der Waals surface area contributed by atoms with Gasteiger partial charge in [-0.1, -0.05) is 27.5 Å². The molecule has 4 heteroatoms. The van der Waals surface area contributed by atoms with E-state index in [9.17, 15) is 4.79 Å². The molecule has 1 aromatic heterocycles. The maximum absolute atomic E-state index is 10.7. The first kappa shape index (κ1) is 9.68. The summed E-state index contributed by atoms with van der Waals surface area (Å²) in [5, 5.41) is 0.403. The number of Topliss-reactive ketones (excluding diaryl/α,β-unsaturated/α-hetero) is 1. The molecule has 0 aliphatic carbocycles. The van der Waals surface area contributed by atoms with Crippen LogP contribution in [0, 0.1) is 0 Å². The summed E-state index contributed by atoms with van der Waals surface area (Å²) in [6, 6.07) is 3.47. The molecule has 1 aromatic rings. The van der Waals surface area contributed by atoms with Crippen LogP contribution in [0.5, 0.6) is 0 Å². The third kappa shape index (κ3) is 2.91. The second-order valence-corrected chi connectivity index (χ2v) is 3.78. The predicted molar refractivity (Wildman–Crippen MR) is 51.3 cm³/mol. The second-order valence-electron chi connectivity index (χ2n) is 2.48. The van der Waals surface area contributed by atoms with Crippen LogP contribution in [0.15, 0.2) is 16.6 Å². The van der Waals surface area contributed by atoms with Crippen LogP contribution in [0.25, 0.3) is 0 Å². The van der Waals surface area contributed by atoms with Crippen molar-refractivity contribution < 1.29 is 4.79 Å². The molecule has 0 saturated carbocycles. The first-order chi connectivity index (χ1) is 5.58. The van der Waals surface area contributed by atoms with Crippen LogP contribution in [0.2, 0.25) is 5.15 Å². The van der Waals surface area contributed by atoms with Gasteiger partial charge in [0.1, 0.15) is 10.9 Å². The van der Waals surface area contributed by atoms with E-state index < -0.39 is 0 Å². The number of nitrogens with zero attached hydrogens (tertiary/aromatic N) is 1. The SMILES string of the molecule is CC(=O)Cc1cc(Br)cc(Cl)n1. The lowest BCUT2D eigenvalue weighted by Gasteiger charge is -1.98. The van der Waals surface area contributed by atoms with Crippen molar-refractivity contribution in [1.82, 2.24) is 4.98 Å². The first-order valence-corrected chi connectivity index (χ1v) is 4.56. The van der Waals surface area contributed by atoms with E-state index in [4.69, 9.17) is 11.6 Å². The van der Waals surface area contributed by atoms with Crippen molar-refractivity contribution in [1.29, 1.82) is 0 Å². The van der Waals surface area contributed by atoms with Crippen LogP contribution in [-0.4, -0.2) is 10.8 Å². The maximum Gasteiger partial charge on any atom is 0.135 e. The number of rotatable bonds is 2. The second kappa shape index (κ2) is 4.01. The van der Waals surface area contributed by atoms with Crippen molar-refractivity contribution in [3.8, 4) is 0 Å². The predicted octanol–water partition coefficient (Wildman–Crippen LogP) is 2.63. The fourth-order valence-electron chi connectivity index (χ4n) is 0.862. The van der Waals surface area contributed by atoms with Gasteiger partial charge in [0.05, 0.1) is 5.69 Å². The molecule has 0 aliphatic heterocycles. The van der Waals surface area contributed by atoms with E-state index in [1.54, 1.807) is 12.1 Å². The average molecular weight is 249 g/mol. The van der Waals surface area contributed by atoms with Crippen LogP contribution in [0.1, 0.15) is 12.6 Å². The third-order valence-electron chi connectivity index (χ3n) is 1.24. The quantitative estimate of drug-likeness (QED) is 0.753. The van der Waals surface area contributed by atoms with E-state index in [-0.39, 0.29) is 5.78 Å². The molecule has 0 aromatic carbocycles. The molecule has 0 N–H and O–H groups in total. The number of pyridine rings is 1. The Hall–Kier alpha value is -0.410. The Morgan fingerprint density at radius 2 is 2.33 bits per heavy atom. The van der Waals surface area contributed by atoms with Gasteiger partial charge in [-0.2, -0.15) is 0 Å². The lowest BCUT2D eigenvalue weighted by atomic mass is 10.2. The summed E-state index contributed by atoms with van der Waals surface area (Å²) in [7, 11) is 0. The molecule has 0 amide bonds. The minimum atomic E-state index is 0.0802. The molecule has 0 fully saturated rings. The van der Waals surface area contributed by atoms with Gasteiger partial charge in [-0.25, -0.2) is 4.98 Å². The Balaban J connectivity index is 2.93. The summed E-state index contributed by atoms with van der Waals surface area (Å²) in [4.78, 5) is 14.7. The summed E-state index contributed by atoms with van der Waals surface area (Å²) < 4.78 is 0.846. The fourth-order valence-corrected chi connectivity index (χ4v) is 1.70. The Labute approximate surface area is 84.1 Å². The normalized spacial score (nSPS) is 9.92. The molecule has 12 heavy (non-hydrogen) atoms. The summed E-state index contributed by atoms with van der Waals surface area (Å²) in [5.41, 5.74) is 0.696. The van der Waals surface area contributed by atoms with E-state index in [0.717, 1.165) is 4.47 Å². The highest BCUT2D eigenvalue weighted by atomic mass is 79.9. The van der Waals surface area contributed by atoms with Crippen molar-refractivity contribution in [2.24, 2.45) is 0 Å². The van der Waals surface area contributed by atoms with Crippen LogP contribution in [-0.2, 0) is 11.2 Å². The van der Waals surface area contributed by atoms with E-state index >= 15 is 0 Å². The number of ketones is 1. The van der Waals surface area contributed by atoms with Gasteiger partial charge in [0.2, 0.25) is 0 Å². The Morgan fingerprint density at radius 1 is 1.67 bits per heavy atom. The fraction of sp³-hybridized carbons (Fsp3) is 0.250. The largest absolute Gasteiger partial charge is 0.300 e. The molecule has 0 spiro atoms. The van der Waals surface area contributed by atoms with Gasteiger partial charge in [0.15, 0.2) is 0 Å². The minimum Gasteiger partial charge on any atom is -0.300 e. The zero-order valence-electron chi connectivity index (χ0n) is 6.47. The zero-order chi connectivity index (χ0) is 9.14. The van der Waals surface area contributed by atoms with Crippen LogP contribution >= 0.6 is 27.5 Å². The van der Waals surface area contributed by atoms with Crippen molar-refractivity contribution in [3.05, 3.63) is 27.5 Å². The number of aromatic nitrogens is 1. The van der Waals surface area contributed by atoms with Gasteiger partial charge in [-0.05, 0) is 19.1 Å². The molecule has 1 rings (SSSR count). The number of carbonyl (C=O) groups excluding carboxylic acids is 1. The number of carbonyl (C=O) groups is 1.